The third-order valence-corrected chi connectivity index (χ3v) is 3.68. The third kappa shape index (κ3) is 3.24. The van der Waals surface area contributed by atoms with Gasteiger partial charge in [0.2, 0.25) is 5.82 Å². The molecule has 0 heterocycles. The average Bonchev–Trinajstić information content (AvgIpc) is 3.25. The maximum Gasteiger partial charge on any atom is 0.254 e. The molecular weight excluding hydrogens is 309 g/mol. The van der Waals surface area contributed by atoms with Crippen LogP contribution in [0.3, 0.4) is 0 Å². The second-order valence-corrected chi connectivity index (χ2v) is 5.23. The predicted molar refractivity (Wildman–Crippen MR) is 72.9 cm³/mol. The molecule has 0 aliphatic heterocycles. The maximum atomic E-state index is 13.6. The molecule has 0 saturated heterocycles. The maximum absolute atomic E-state index is 13.6. The summed E-state index contributed by atoms with van der Waals surface area (Å²) >= 11 is 0. The Balaban J connectivity index is 0.00000220. The summed E-state index contributed by atoms with van der Waals surface area (Å²) in [6.07, 6.45) is 1.78. The number of halogens is 4. The number of benzene rings is 1. The van der Waals surface area contributed by atoms with Crippen molar-refractivity contribution in [2.75, 3.05) is 6.54 Å². The van der Waals surface area contributed by atoms with E-state index in [4.69, 9.17) is 10.8 Å². The summed E-state index contributed by atoms with van der Waals surface area (Å²) in [5.74, 6) is -6.96. The van der Waals surface area contributed by atoms with E-state index in [1.807, 2.05) is 0 Å². The number of carbonyl (C=O) groups is 1. The number of nitrogens with two attached hydrogens (primary N) is 1. The molecule has 0 aromatic heterocycles. The molecule has 1 amide bonds. The van der Waals surface area contributed by atoms with Crippen LogP contribution in [0.4, 0.5) is 13.2 Å². The molecule has 1 aromatic carbocycles. The van der Waals surface area contributed by atoms with Gasteiger partial charge in [-0.05, 0) is 31.7 Å². The fraction of sp³-hybridized carbons (Fsp3) is 0.462. The Morgan fingerprint density at radius 3 is 2.48 bits per heavy atom. The molecule has 21 heavy (non-hydrogen) atoms. The molecule has 0 spiro atoms. The number of phenols is 1. The van der Waals surface area contributed by atoms with Crippen molar-refractivity contribution < 1.29 is 23.1 Å². The smallest absolute Gasteiger partial charge is 0.254 e. The summed E-state index contributed by atoms with van der Waals surface area (Å²) in [5.41, 5.74) is 4.12. The van der Waals surface area contributed by atoms with Crippen molar-refractivity contribution in [3.63, 3.8) is 0 Å². The van der Waals surface area contributed by atoms with Gasteiger partial charge in [-0.2, -0.15) is 4.39 Å². The molecule has 4 nitrogen and oxygen atoms in total. The number of amides is 1. The number of carbonyl (C=O) groups excluding carboxylic acids is 1. The van der Waals surface area contributed by atoms with Gasteiger partial charge in [0, 0.05) is 6.54 Å². The molecule has 1 saturated carbocycles. The van der Waals surface area contributed by atoms with Crippen LogP contribution < -0.4 is 11.1 Å². The first-order valence-corrected chi connectivity index (χ1v) is 6.19. The molecule has 1 aromatic rings. The first-order valence-electron chi connectivity index (χ1n) is 6.19. The molecule has 4 N–H and O–H groups in total. The first-order chi connectivity index (χ1) is 9.30. The molecule has 0 bridgehead atoms. The summed E-state index contributed by atoms with van der Waals surface area (Å²) in [4.78, 5) is 12.0. The molecule has 1 fully saturated rings. The van der Waals surface area contributed by atoms with Gasteiger partial charge >= 0.3 is 0 Å². The van der Waals surface area contributed by atoms with E-state index in [0.29, 0.717) is 6.07 Å². The summed E-state index contributed by atoms with van der Waals surface area (Å²) in [7, 11) is 0. The third-order valence-electron chi connectivity index (χ3n) is 3.68. The highest BCUT2D eigenvalue weighted by Gasteiger charge is 2.42. The molecular formula is C13H16ClF3N2O2. The number of hydrogen-bond donors (Lipinski definition) is 3. The van der Waals surface area contributed by atoms with E-state index >= 15 is 0 Å². The molecule has 2 rings (SSSR count). The van der Waals surface area contributed by atoms with E-state index < -0.39 is 40.2 Å². The molecule has 1 atom stereocenters. The number of phenolic OH excluding ortho intramolecular Hbond substituents is 1. The monoisotopic (exact) mass is 324 g/mol. The van der Waals surface area contributed by atoms with Crippen molar-refractivity contribution in [1.29, 1.82) is 0 Å². The quantitative estimate of drug-likeness (QED) is 0.742. The van der Waals surface area contributed by atoms with Crippen LogP contribution in [-0.2, 0) is 0 Å². The zero-order valence-corrected chi connectivity index (χ0v) is 12.1. The Labute approximate surface area is 125 Å². The van der Waals surface area contributed by atoms with Gasteiger partial charge in [-0.3, -0.25) is 4.79 Å². The van der Waals surface area contributed by atoms with E-state index in [9.17, 15) is 18.0 Å². The van der Waals surface area contributed by atoms with Crippen molar-refractivity contribution in [3.8, 4) is 5.75 Å². The van der Waals surface area contributed by atoms with E-state index in [2.05, 4.69) is 5.32 Å². The van der Waals surface area contributed by atoms with Crippen molar-refractivity contribution in [2.45, 2.75) is 25.3 Å². The molecule has 1 aliphatic rings. The number of rotatable bonds is 4. The van der Waals surface area contributed by atoms with Crippen LogP contribution >= 0.6 is 12.4 Å². The van der Waals surface area contributed by atoms with Gasteiger partial charge in [0.05, 0.1) is 11.1 Å². The SMILES string of the molecule is CC(CN)(NC(=O)c1cc(F)c(F)c(O)c1F)C1CC1.Cl. The summed E-state index contributed by atoms with van der Waals surface area (Å²) in [6, 6.07) is 0.420. The molecule has 8 heteroatoms. The van der Waals surface area contributed by atoms with E-state index in [1.54, 1.807) is 6.92 Å². The topological polar surface area (TPSA) is 75.3 Å². The van der Waals surface area contributed by atoms with E-state index in [-0.39, 0.29) is 24.9 Å². The first kappa shape index (κ1) is 17.6. The summed E-state index contributed by atoms with van der Waals surface area (Å²) < 4.78 is 39.8. The largest absolute Gasteiger partial charge is 0.503 e. The van der Waals surface area contributed by atoms with E-state index in [1.165, 1.54) is 0 Å². The highest BCUT2D eigenvalue weighted by Crippen LogP contribution is 2.39. The lowest BCUT2D eigenvalue weighted by Crippen LogP contribution is -2.53. The van der Waals surface area contributed by atoms with Crippen LogP contribution in [0, 0.1) is 23.4 Å². The Kier molecular flexibility index (Phi) is 5.11. The van der Waals surface area contributed by atoms with Crippen LogP contribution in [0.5, 0.6) is 5.75 Å². The lowest BCUT2D eigenvalue weighted by Gasteiger charge is -2.29. The van der Waals surface area contributed by atoms with Crippen molar-refractivity contribution in [3.05, 3.63) is 29.1 Å². The Morgan fingerprint density at radius 2 is 2.00 bits per heavy atom. The number of nitrogens with one attached hydrogen (secondary N) is 1. The van der Waals surface area contributed by atoms with Gasteiger partial charge in [-0.15, -0.1) is 12.4 Å². The Morgan fingerprint density at radius 1 is 1.43 bits per heavy atom. The molecule has 0 radical (unpaired) electrons. The second-order valence-electron chi connectivity index (χ2n) is 5.23. The average molecular weight is 325 g/mol. The second kappa shape index (κ2) is 6.11. The lowest BCUT2D eigenvalue weighted by molar-refractivity contribution is 0.0892. The van der Waals surface area contributed by atoms with Crippen LogP contribution in [0.2, 0.25) is 0 Å². The van der Waals surface area contributed by atoms with Gasteiger partial charge in [0.15, 0.2) is 17.4 Å². The van der Waals surface area contributed by atoms with Crippen molar-refractivity contribution in [2.24, 2.45) is 11.7 Å². The summed E-state index contributed by atoms with van der Waals surface area (Å²) in [6.45, 7) is 1.85. The normalized spacial score (nSPS) is 16.8. The van der Waals surface area contributed by atoms with Crippen LogP contribution in [0.25, 0.3) is 0 Å². The van der Waals surface area contributed by atoms with Gasteiger partial charge < -0.3 is 16.2 Å². The van der Waals surface area contributed by atoms with Crippen LogP contribution in [-0.4, -0.2) is 23.1 Å². The minimum atomic E-state index is -1.72. The lowest BCUT2D eigenvalue weighted by atomic mass is 9.95. The van der Waals surface area contributed by atoms with Gasteiger partial charge in [0.25, 0.3) is 5.91 Å². The van der Waals surface area contributed by atoms with Crippen LogP contribution in [0.15, 0.2) is 6.07 Å². The van der Waals surface area contributed by atoms with Crippen molar-refractivity contribution in [1.82, 2.24) is 5.32 Å². The summed E-state index contributed by atoms with van der Waals surface area (Å²) in [5, 5.41) is 11.6. The highest BCUT2D eigenvalue weighted by atomic mass is 35.5. The molecule has 1 aliphatic carbocycles. The van der Waals surface area contributed by atoms with Crippen molar-refractivity contribution >= 4 is 18.3 Å². The van der Waals surface area contributed by atoms with Gasteiger partial charge in [0.1, 0.15) is 0 Å². The fourth-order valence-corrected chi connectivity index (χ4v) is 2.12. The Hall–Kier alpha value is -1.47. The number of aromatic hydroxyl groups is 1. The predicted octanol–water partition coefficient (Wildman–Crippen LogP) is 2.09. The van der Waals surface area contributed by atoms with Gasteiger partial charge in [-0.1, -0.05) is 0 Å². The minimum Gasteiger partial charge on any atom is -0.503 e. The zero-order valence-electron chi connectivity index (χ0n) is 11.3. The fourth-order valence-electron chi connectivity index (χ4n) is 2.12. The molecule has 1 unspecified atom stereocenters. The van der Waals surface area contributed by atoms with E-state index in [0.717, 1.165) is 12.8 Å². The van der Waals surface area contributed by atoms with Crippen LogP contribution in [0.1, 0.15) is 30.1 Å². The zero-order chi connectivity index (χ0) is 15.1. The molecule has 118 valence electrons. The van der Waals surface area contributed by atoms with Gasteiger partial charge in [-0.25, -0.2) is 8.78 Å². The minimum absolute atomic E-state index is 0. The number of hydrogen-bond acceptors (Lipinski definition) is 3. The highest BCUT2D eigenvalue weighted by molar-refractivity contribution is 5.95. The Bertz CT molecular complexity index is 567. The standard InChI is InChI=1S/C13H15F3N2O2.ClH/c1-13(5-17,6-2-3-6)18-12(20)7-4-8(14)10(16)11(19)9(7)15;/h4,6,19H,2-3,5,17H2,1H3,(H,18,20);1H.